The van der Waals surface area contributed by atoms with Crippen LogP contribution in [0.3, 0.4) is 0 Å². The molecule has 27 heavy (non-hydrogen) atoms. The van der Waals surface area contributed by atoms with Crippen LogP contribution in [-0.4, -0.2) is 42.5 Å². The standard InChI is InChI=1S/C19H21N3O4S/c1-14-7-5-8-15(13-14)27(25,26)12-6-11-22-17(23)19(2,21-18(22)24)16-9-3-4-10-20-16/h3-5,7-10,13H,6,11-12H2,1-2H3,(H,21,24). The summed E-state index contributed by atoms with van der Waals surface area (Å²) in [6.07, 6.45) is 1.71. The summed E-state index contributed by atoms with van der Waals surface area (Å²) in [7, 11) is -3.47. The Balaban J connectivity index is 1.68. The lowest BCUT2D eigenvalue weighted by Gasteiger charge is -2.20. The van der Waals surface area contributed by atoms with E-state index >= 15 is 0 Å². The predicted molar refractivity (Wildman–Crippen MR) is 99.7 cm³/mol. The van der Waals surface area contributed by atoms with Crippen LogP contribution in [0.5, 0.6) is 0 Å². The summed E-state index contributed by atoms with van der Waals surface area (Å²) in [5, 5.41) is 2.66. The third-order valence-electron chi connectivity index (χ3n) is 4.60. The van der Waals surface area contributed by atoms with Crippen molar-refractivity contribution in [1.29, 1.82) is 0 Å². The summed E-state index contributed by atoms with van der Waals surface area (Å²) in [6.45, 7) is 3.45. The fraction of sp³-hybridized carbons (Fsp3) is 0.316. The number of nitrogens with zero attached hydrogens (tertiary/aromatic N) is 2. The first kappa shape index (κ1) is 19.0. The van der Waals surface area contributed by atoms with E-state index in [1.54, 1.807) is 49.5 Å². The Kier molecular flexibility index (Phi) is 5.01. The Morgan fingerprint density at radius 3 is 2.59 bits per heavy atom. The largest absolute Gasteiger partial charge is 0.325 e. The van der Waals surface area contributed by atoms with Crippen molar-refractivity contribution in [3.63, 3.8) is 0 Å². The number of amides is 3. The summed E-state index contributed by atoms with van der Waals surface area (Å²) < 4.78 is 24.9. The minimum Gasteiger partial charge on any atom is -0.318 e. The van der Waals surface area contributed by atoms with E-state index in [0.717, 1.165) is 10.5 Å². The Morgan fingerprint density at radius 2 is 1.93 bits per heavy atom. The SMILES string of the molecule is Cc1cccc(S(=O)(=O)CCCN2C(=O)NC(C)(c3ccccn3)C2=O)c1. The first-order valence-corrected chi connectivity index (χ1v) is 10.2. The second-order valence-corrected chi connectivity index (χ2v) is 8.83. The van der Waals surface area contributed by atoms with Gasteiger partial charge in [-0.25, -0.2) is 13.2 Å². The average molecular weight is 387 g/mol. The maximum atomic E-state index is 12.8. The first-order valence-electron chi connectivity index (χ1n) is 8.59. The zero-order valence-electron chi connectivity index (χ0n) is 15.2. The summed E-state index contributed by atoms with van der Waals surface area (Å²) >= 11 is 0. The van der Waals surface area contributed by atoms with Gasteiger partial charge in [0, 0.05) is 12.7 Å². The van der Waals surface area contributed by atoms with Gasteiger partial charge in [-0.2, -0.15) is 0 Å². The zero-order valence-corrected chi connectivity index (χ0v) is 16.0. The summed E-state index contributed by atoms with van der Waals surface area (Å²) in [5.41, 5.74) is 0.0582. The maximum absolute atomic E-state index is 12.8. The number of aryl methyl sites for hydroxylation is 1. The highest BCUT2D eigenvalue weighted by atomic mass is 32.2. The fourth-order valence-corrected chi connectivity index (χ4v) is 4.47. The van der Waals surface area contributed by atoms with Crippen LogP contribution in [0.15, 0.2) is 53.6 Å². The minimum atomic E-state index is -3.47. The molecule has 142 valence electrons. The van der Waals surface area contributed by atoms with E-state index in [9.17, 15) is 18.0 Å². The zero-order chi connectivity index (χ0) is 19.7. The second kappa shape index (κ2) is 7.11. The van der Waals surface area contributed by atoms with Gasteiger partial charge in [-0.1, -0.05) is 18.2 Å². The fourth-order valence-electron chi connectivity index (χ4n) is 3.07. The van der Waals surface area contributed by atoms with E-state index in [1.165, 1.54) is 0 Å². The van der Waals surface area contributed by atoms with E-state index in [2.05, 4.69) is 10.3 Å². The van der Waals surface area contributed by atoms with E-state index in [4.69, 9.17) is 0 Å². The molecule has 0 bridgehead atoms. The van der Waals surface area contributed by atoms with E-state index < -0.39 is 27.3 Å². The summed E-state index contributed by atoms with van der Waals surface area (Å²) in [5.74, 6) is -0.576. The van der Waals surface area contributed by atoms with Gasteiger partial charge in [0.2, 0.25) is 0 Å². The number of imide groups is 1. The Labute approximate surface area is 158 Å². The van der Waals surface area contributed by atoms with Crippen LogP contribution >= 0.6 is 0 Å². The molecule has 1 saturated heterocycles. The number of nitrogens with one attached hydrogen (secondary N) is 1. The topological polar surface area (TPSA) is 96.4 Å². The number of aromatic nitrogens is 1. The molecule has 7 nitrogen and oxygen atoms in total. The molecule has 0 spiro atoms. The smallest absolute Gasteiger partial charge is 0.318 e. The molecular formula is C19H21N3O4S. The number of rotatable bonds is 6. The van der Waals surface area contributed by atoms with Crippen molar-refractivity contribution >= 4 is 21.8 Å². The highest BCUT2D eigenvalue weighted by molar-refractivity contribution is 7.91. The van der Waals surface area contributed by atoms with Crippen molar-refractivity contribution < 1.29 is 18.0 Å². The van der Waals surface area contributed by atoms with Gasteiger partial charge in [-0.05, 0) is 50.1 Å². The Hall–Kier alpha value is -2.74. The molecule has 3 rings (SSSR count). The van der Waals surface area contributed by atoms with Gasteiger partial charge in [0.1, 0.15) is 0 Å². The van der Waals surface area contributed by atoms with Crippen LogP contribution in [0.1, 0.15) is 24.6 Å². The van der Waals surface area contributed by atoms with Crippen molar-refractivity contribution in [2.75, 3.05) is 12.3 Å². The molecule has 1 aliphatic heterocycles. The van der Waals surface area contributed by atoms with Crippen LogP contribution in [0.25, 0.3) is 0 Å². The van der Waals surface area contributed by atoms with E-state index in [1.807, 2.05) is 13.0 Å². The lowest BCUT2D eigenvalue weighted by molar-refractivity contribution is -0.131. The monoisotopic (exact) mass is 387 g/mol. The minimum absolute atomic E-state index is 0.0259. The molecule has 0 saturated carbocycles. The van der Waals surface area contributed by atoms with Gasteiger partial charge >= 0.3 is 6.03 Å². The van der Waals surface area contributed by atoms with Crippen LogP contribution in [0.2, 0.25) is 0 Å². The van der Waals surface area contributed by atoms with Crippen LogP contribution in [0.4, 0.5) is 4.79 Å². The molecule has 1 atom stereocenters. The predicted octanol–water partition coefficient (Wildman–Crippen LogP) is 2.02. The van der Waals surface area contributed by atoms with Gasteiger partial charge in [-0.15, -0.1) is 0 Å². The number of carbonyl (C=O) groups excluding carboxylic acids is 2. The van der Waals surface area contributed by atoms with Gasteiger partial charge in [0.15, 0.2) is 15.4 Å². The number of urea groups is 1. The van der Waals surface area contributed by atoms with Gasteiger partial charge in [-0.3, -0.25) is 14.7 Å². The van der Waals surface area contributed by atoms with Crippen LogP contribution < -0.4 is 5.32 Å². The molecule has 1 unspecified atom stereocenters. The molecule has 0 aliphatic carbocycles. The highest BCUT2D eigenvalue weighted by Gasteiger charge is 2.49. The normalized spacial score (nSPS) is 20.0. The molecule has 8 heteroatoms. The summed E-state index contributed by atoms with van der Waals surface area (Å²) in [6, 6.07) is 11.3. The Bertz CT molecular complexity index is 975. The third kappa shape index (κ3) is 3.71. The second-order valence-electron chi connectivity index (χ2n) is 6.72. The molecule has 1 aromatic carbocycles. The third-order valence-corrected chi connectivity index (χ3v) is 6.39. The van der Waals surface area contributed by atoms with Gasteiger partial charge < -0.3 is 5.32 Å². The van der Waals surface area contributed by atoms with Gasteiger partial charge in [0.05, 0.1) is 16.3 Å². The number of hydrogen-bond donors (Lipinski definition) is 1. The highest BCUT2D eigenvalue weighted by Crippen LogP contribution is 2.27. The van der Waals surface area contributed by atoms with Crippen molar-refractivity contribution in [3.8, 4) is 0 Å². The number of pyridine rings is 1. The lowest BCUT2D eigenvalue weighted by Crippen LogP contribution is -2.41. The molecule has 2 heterocycles. The van der Waals surface area contributed by atoms with E-state index in [0.29, 0.717) is 5.69 Å². The van der Waals surface area contributed by atoms with Crippen LogP contribution in [0, 0.1) is 6.92 Å². The van der Waals surface area contributed by atoms with Gasteiger partial charge in [0.25, 0.3) is 5.91 Å². The number of hydrogen-bond acceptors (Lipinski definition) is 5. The van der Waals surface area contributed by atoms with Crippen LogP contribution in [-0.2, 0) is 20.2 Å². The molecule has 2 aromatic rings. The summed E-state index contributed by atoms with van der Waals surface area (Å²) in [4.78, 5) is 30.5. The van der Waals surface area contributed by atoms with Crippen molar-refractivity contribution in [3.05, 3.63) is 59.9 Å². The molecular weight excluding hydrogens is 366 g/mol. The quantitative estimate of drug-likeness (QED) is 0.765. The number of sulfone groups is 1. The average Bonchev–Trinajstić information content (AvgIpc) is 2.86. The van der Waals surface area contributed by atoms with Crippen molar-refractivity contribution in [2.24, 2.45) is 0 Å². The van der Waals surface area contributed by atoms with Crippen molar-refractivity contribution in [1.82, 2.24) is 15.2 Å². The lowest BCUT2D eigenvalue weighted by atomic mass is 9.97. The van der Waals surface area contributed by atoms with E-state index in [-0.39, 0.29) is 23.6 Å². The molecule has 3 amide bonds. The number of carbonyl (C=O) groups is 2. The maximum Gasteiger partial charge on any atom is 0.325 e. The molecule has 1 aliphatic rings. The van der Waals surface area contributed by atoms with Crippen molar-refractivity contribution in [2.45, 2.75) is 30.7 Å². The number of benzene rings is 1. The molecule has 0 radical (unpaired) electrons. The first-order chi connectivity index (χ1) is 12.7. The molecule has 1 fully saturated rings. The molecule has 1 N–H and O–H groups in total. The Morgan fingerprint density at radius 1 is 1.15 bits per heavy atom. The molecule has 1 aromatic heterocycles.